The Balaban J connectivity index is 1.39. The van der Waals surface area contributed by atoms with Crippen molar-refractivity contribution in [2.24, 2.45) is 0 Å². The minimum atomic E-state index is -0.781. The first-order chi connectivity index (χ1) is 17.5. The lowest BCUT2D eigenvalue weighted by atomic mass is 10.2. The Kier molecular flexibility index (Phi) is 8.64. The third kappa shape index (κ3) is 6.89. The third-order valence-corrected chi connectivity index (χ3v) is 6.21. The monoisotopic (exact) mass is 490 g/mol. The fourth-order valence-corrected chi connectivity index (χ4v) is 4.22. The number of nitrogens with one attached hydrogen (secondary N) is 2. The van der Waals surface area contributed by atoms with Gasteiger partial charge in [-0.3, -0.25) is 9.69 Å². The number of aliphatic carboxylic acids is 1. The molecule has 0 saturated carbocycles. The predicted octanol–water partition coefficient (Wildman–Crippen LogP) is 2.53. The molecule has 0 amide bonds. The van der Waals surface area contributed by atoms with E-state index >= 15 is 0 Å². The van der Waals surface area contributed by atoms with E-state index < -0.39 is 5.97 Å². The fourth-order valence-electron chi connectivity index (χ4n) is 4.22. The first kappa shape index (κ1) is 25.3. The summed E-state index contributed by atoms with van der Waals surface area (Å²) < 4.78 is 0. The number of hydrogen-bond donors (Lipinski definition) is 3. The van der Waals surface area contributed by atoms with Crippen molar-refractivity contribution in [3.63, 3.8) is 0 Å². The Morgan fingerprint density at radius 3 is 2.67 bits per heavy atom. The number of anilines is 4. The van der Waals surface area contributed by atoms with E-state index in [0.29, 0.717) is 5.95 Å². The standard InChI is InChI=1S/C26H34N8O2/c1-27-10-4-12-32(2)24-8-7-20(18-29-24)23-9-11-28-26(31-23)30-21-5-3-6-22(17-21)34-15-13-33(14-16-34)19-25(35)36/h3,5-9,11,17-18,27H,4,10,12-16,19H2,1-2H3,(H,35,36)(H,28,30,31). The number of carbonyl (C=O) groups is 1. The van der Waals surface area contributed by atoms with Crippen LogP contribution in [0.4, 0.5) is 23.1 Å². The molecule has 1 saturated heterocycles. The zero-order valence-electron chi connectivity index (χ0n) is 20.9. The second kappa shape index (κ2) is 12.3. The number of piperazine rings is 1. The summed E-state index contributed by atoms with van der Waals surface area (Å²) in [7, 11) is 4.01. The molecule has 1 aliphatic heterocycles. The molecule has 1 aliphatic rings. The van der Waals surface area contributed by atoms with E-state index in [1.807, 2.05) is 48.5 Å². The fraction of sp³-hybridized carbons (Fsp3) is 0.385. The van der Waals surface area contributed by atoms with Gasteiger partial charge in [0, 0.05) is 69.1 Å². The number of carboxylic acids is 1. The maximum absolute atomic E-state index is 11.0. The van der Waals surface area contributed by atoms with E-state index in [4.69, 9.17) is 10.1 Å². The molecule has 0 spiro atoms. The van der Waals surface area contributed by atoms with Gasteiger partial charge in [-0.25, -0.2) is 15.0 Å². The van der Waals surface area contributed by atoms with E-state index in [9.17, 15) is 4.79 Å². The molecular formula is C26H34N8O2. The van der Waals surface area contributed by atoms with E-state index in [1.54, 1.807) is 6.20 Å². The molecule has 36 heavy (non-hydrogen) atoms. The highest BCUT2D eigenvalue weighted by atomic mass is 16.4. The van der Waals surface area contributed by atoms with Gasteiger partial charge in [0.25, 0.3) is 0 Å². The van der Waals surface area contributed by atoms with Gasteiger partial charge in [-0.2, -0.15) is 0 Å². The van der Waals surface area contributed by atoms with Crippen LogP contribution in [-0.2, 0) is 4.79 Å². The highest BCUT2D eigenvalue weighted by Crippen LogP contribution is 2.24. The zero-order valence-corrected chi connectivity index (χ0v) is 20.9. The first-order valence-corrected chi connectivity index (χ1v) is 12.2. The van der Waals surface area contributed by atoms with Crippen LogP contribution in [0.5, 0.6) is 0 Å². The number of pyridine rings is 1. The maximum Gasteiger partial charge on any atom is 0.317 e. The zero-order chi connectivity index (χ0) is 25.3. The number of aromatic nitrogens is 3. The number of hydrogen-bond acceptors (Lipinski definition) is 9. The summed E-state index contributed by atoms with van der Waals surface area (Å²) in [5.74, 6) is 0.670. The lowest BCUT2D eigenvalue weighted by molar-refractivity contribution is -0.138. The van der Waals surface area contributed by atoms with Crippen LogP contribution in [0.3, 0.4) is 0 Å². The van der Waals surface area contributed by atoms with Crippen molar-refractivity contribution in [2.75, 3.05) is 75.0 Å². The van der Waals surface area contributed by atoms with Crippen molar-refractivity contribution in [2.45, 2.75) is 6.42 Å². The van der Waals surface area contributed by atoms with Crippen molar-refractivity contribution in [1.29, 1.82) is 0 Å². The summed E-state index contributed by atoms with van der Waals surface area (Å²) in [5.41, 5.74) is 3.72. The van der Waals surface area contributed by atoms with Crippen molar-refractivity contribution < 1.29 is 9.90 Å². The summed E-state index contributed by atoms with van der Waals surface area (Å²) in [6.07, 6.45) is 4.65. The molecule has 3 N–H and O–H groups in total. The molecule has 0 bridgehead atoms. The Labute approximate surface area is 212 Å². The highest BCUT2D eigenvalue weighted by molar-refractivity contribution is 5.69. The van der Waals surface area contributed by atoms with E-state index in [-0.39, 0.29) is 6.54 Å². The van der Waals surface area contributed by atoms with E-state index in [0.717, 1.165) is 74.1 Å². The highest BCUT2D eigenvalue weighted by Gasteiger charge is 2.19. The minimum absolute atomic E-state index is 0.0920. The summed E-state index contributed by atoms with van der Waals surface area (Å²) in [6, 6.07) is 14.1. The van der Waals surface area contributed by atoms with Crippen LogP contribution < -0.4 is 20.4 Å². The Morgan fingerprint density at radius 2 is 1.94 bits per heavy atom. The Bertz CT molecular complexity index is 1130. The smallest absolute Gasteiger partial charge is 0.317 e. The van der Waals surface area contributed by atoms with Gasteiger partial charge in [-0.1, -0.05) is 6.07 Å². The van der Waals surface area contributed by atoms with Crippen LogP contribution in [0, 0.1) is 0 Å². The van der Waals surface area contributed by atoms with Gasteiger partial charge in [-0.15, -0.1) is 0 Å². The molecule has 3 aromatic rings. The summed E-state index contributed by atoms with van der Waals surface area (Å²) in [4.78, 5) is 31.0. The van der Waals surface area contributed by atoms with Crippen LogP contribution in [0.25, 0.3) is 11.3 Å². The largest absolute Gasteiger partial charge is 0.480 e. The van der Waals surface area contributed by atoms with Gasteiger partial charge in [0.05, 0.1) is 12.2 Å². The number of rotatable bonds is 11. The molecule has 3 heterocycles. The summed E-state index contributed by atoms with van der Waals surface area (Å²) in [5, 5.41) is 15.5. The average molecular weight is 491 g/mol. The van der Waals surface area contributed by atoms with Crippen LogP contribution in [-0.4, -0.2) is 90.8 Å². The molecule has 4 rings (SSSR count). The molecule has 0 aliphatic carbocycles. The van der Waals surface area contributed by atoms with E-state index in [2.05, 4.69) is 49.6 Å². The number of carboxylic acid groups (broad SMARTS) is 1. The van der Waals surface area contributed by atoms with E-state index in [1.165, 1.54) is 0 Å². The summed E-state index contributed by atoms with van der Waals surface area (Å²) in [6.45, 7) is 5.04. The molecule has 0 atom stereocenters. The molecule has 10 heteroatoms. The number of nitrogens with zero attached hydrogens (tertiary/aromatic N) is 6. The predicted molar refractivity (Wildman–Crippen MR) is 143 cm³/mol. The average Bonchev–Trinajstić information content (AvgIpc) is 2.89. The molecule has 10 nitrogen and oxygen atoms in total. The molecule has 0 radical (unpaired) electrons. The quantitative estimate of drug-likeness (QED) is 0.347. The Morgan fingerprint density at radius 1 is 1.11 bits per heavy atom. The molecule has 0 unspecified atom stereocenters. The molecular weight excluding hydrogens is 456 g/mol. The molecule has 2 aromatic heterocycles. The van der Waals surface area contributed by atoms with Gasteiger partial charge >= 0.3 is 5.97 Å². The van der Waals surface area contributed by atoms with Crippen LogP contribution >= 0.6 is 0 Å². The van der Waals surface area contributed by atoms with Gasteiger partial charge in [0.15, 0.2) is 0 Å². The normalized spacial score (nSPS) is 14.0. The van der Waals surface area contributed by atoms with Crippen molar-refractivity contribution in [3.8, 4) is 11.3 Å². The second-order valence-corrected chi connectivity index (χ2v) is 8.88. The van der Waals surface area contributed by atoms with Crippen molar-refractivity contribution in [3.05, 3.63) is 54.9 Å². The lowest BCUT2D eigenvalue weighted by Gasteiger charge is -2.35. The second-order valence-electron chi connectivity index (χ2n) is 8.88. The van der Waals surface area contributed by atoms with Gasteiger partial charge in [0.2, 0.25) is 5.95 Å². The SMILES string of the molecule is CNCCCN(C)c1ccc(-c2ccnc(Nc3cccc(N4CCN(CC(=O)O)CC4)c3)n2)cn1. The third-order valence-electron chi connectivity index (χ3n) is 6.21. The van der Waals surface area contributed by atoms with Gasteiger partial charge < -0.3 is 25.5 Å². The minimum Gasteiger partial charge on any atom is -0.480 e. The lowest BCUT2D eigenvalue weighted by Crippen LogP contribution is -2.47. The van der Waals surface area contributed by atoms with Crippen LogP contribution in [0.2, 0.25) is 0 Å². The van der Waals surface area contributed by atoms with Crippen molar-refractivity contribution in [1.82, 2.24) is 25.2 Å². The van der Waals surface area contributed by atoms with Crippen LogP contribution in [0.15, 0.2) is 54.9 Å². The molecule has 190 valence electrons. The summed E-state index contributed by atoms with van der Waals surface area (Å²) >= 11 is 0. The van der Waals surface area contributed by atoms with Gasteiger partial charge in [0.1, 0.15) is 5.82 Å². The van der Waals surface area contributed by atoms with Crippen LogP contribution in [0.1, 0.15) is 6.42 Å². The number of benzene rings is 1. The molecule has 1 fully saturated rings. The first-order valence-electron chi connectivity index (χ1n) is 12.2. The molecule has 1 aromatic carbocycles. The maximum atomic E-state index is 11.0. The Hall–Kier alpha value is -3.76. The topological polar surface area (TPSA) is 110 Å². The van der Waals surface area contributed by atoms with Gasteiger partial charge in [-0.05, 0) is 56.4 Å². The van der Waals surface area contributed by atoms with Crippen molar-refractivity contribution >= 4 is 29.1 Å².